The maximum atomic E-state index is 13.4. The number of carbonyl (C=O) groups excluding carboxylic acids is 1. The summed E-state index contributed by atoms with van der Waals surface area (Å²) in [5.41, 5.74) is -0.679. The van der Waals surface area contributed by atoms with Gasteiger partial charge in [-0.05, 0) is 31.0 Å². The van der Waals surface area contributed by atoms with Crippen molar-refractivity contribution in [3.8, 4) is 0 Å². The molecule has 5 nitrogen and oxygen atoms in total. The molecule has 0 radical (unpaired) electrons. The van der Waals surface area contributed by atoms with Crippen LogP contribution >= 0.6 is 0 Å². The van der Waals surface area contributed by atoms with Crippen molar-refractivity contribution in [2.45, 2.75) is 25.3 Å². The van der Waals surface area contributed by atoms with Crippen LogP contribution in [0.3, 0.4) is 0 Å². The minimum absolute atomic E-state index is 0.00483. The molecule has 0 bridgehead atoms. The second kappa shape index (κ2) is 6.39. The van der Waals surface area contributed by atoms with Gasteiger partial charge in [-0.3, -0.25) is 4.79 Å². The van der Waals surface area contributed by atoms with Crippen LogP contribution in [-0.2, 0) is 0 Å². The van der Waals surface area contributed by atoms with Gasteiger partial charge in [-0.15, -0.1) is 0 Å². The Morgan fingerprint density at radius 1 is 1.35 bits per heavy atom. The number of halogens is 3. The summed E-state index contributed by atoms with van der Waals surface area (Å²) in [6.45, 7) is 0.953. The lowest BCUT2D eigenvalue weighted by molar-refractivity contribution is 0.0672. The molecule has 2 aromatic rings. The van der Waals surface area contributed by atoms with E-state index in [1.807, 2.05) is 0 Å². The second-order valence-electron chi connectivity index (χ2n) is 5.46. The highest BCUT2D eigenvalue weighted by Gasteiger charge is 2.27. The third-order valence-electron chi connectivity index (χ3n) is 3.97. The number of benzene rings is 1. The molecular weight excluding hydrogens is 309 g/mol. The van der Waals surface area contributed by atoms with Crippen molar-refractivity contribution in [2.24, 2.45) is 0 Å². The van der Waals surface area contributed by atoms with Gasteiger partial charge in [0.05, 0.1) is 11.6 Å². The monoisotopic (exact) mass is 324 g/mol. The molecule has 1 aliphatic heterocycles. The minimum Gasteiger partial charge on any atom is -0.337 e. The lowest BCUT2D eigenvalue weighted by atomic mass is 10.0. The number of nitrogens with zero attached hydrogens (tertiary/aromatic N) is 4. The van der Waals surface area contributed by atoms with Crippen molar-refractivity contribution in [3.05, 3.63) is 47.8 Å². The summed E-state index contributed by atoms with van der Waals surface area (Å²) in [7, 11) is 0. The molecule has 0 aliphatic carbocycles. The van der Waals surface area contributed by atoms with E-state index in [9.17, 15) is 18.0 Å². The number of piperidine rings is 1. The average Bonchev–Trinajstić information content (AvgIpc) is 3.09. The van der Waals surface area contributed by atoms with Crippen molar-refractivity contribution in [1.82, 2.24) is 19.7 Å². The highest BCUT2D eigenvalue weighted by Crippen LogP contribution is 2.25. The van der Waals surface area contributed by atoms with E-state index in [4.69, 9.17) is 0 Å². The van der Waals surface area contributed by atoms with E-state index in [1.165, 1.54) is 12.4 Å². The average molecular weight is 324 g/mol. The molecule has 8 heteroatoms. The van der Waals surface area contributed by atoms with Gasteiger partial charge in [0, 0.05) is 18.7 Å². The summed E-state index contributed by atoms with van der Waals surface area (Å²) in [6, 6.07) is 3.09. The molecule has 1 atom stereocenters. The first kappa shape index (κ1) is 15.5. The van der Waals surface area contributed by atoms with E-state index >= 15 is 0 Å². The van der Waals surface area contributed by atoms with Crippen LogP contribution in [0.2, 0.25) is 0 Å². The van der Waals surface area contributed by atoms with E-state index in [0.717, 1.165) is 25.0 Å². The molecule has 1 fully saturated rings. The molecule has 0 N–H and O–H groups in total. The number of rotatable bonds is 3. The van der Waals surface area contributed by atoms with Gasteiger partial charge in [0.15, 0.2) is 0 Å². The first-order chi connectivity index (χ1) is 11.1. The van der Waals surface area contributed by atoms with Crippen LogP contribution in [0.5, 0.6) is 0 Å². The van der Waals surface area contributed by atoms with Crippen LogP contribution in [0.1, 0.15) is 41.2 Å². The fraction of sp³-hybridized carbons (Fsp3) is 0.400. The van der Waals surface area contributed by atoms with Crippen molar-refractivity contribution in [2.75, 3.05) is 13.1 Å². The zero-order valence-corrected chi connectivity index (χ0v) is 12.2. The van der Waals surface area contributed by atoms with Crippen LogP contribution in [0, 0.1) is 5.82 Å². The van der Waals surface area contributed by atoms with Crippen molar-refractivity contribution in [3.63, 3.8) is 0 Å². The fourth-order valence-electron chi connectivity index (χ4n) is 2.79. The summed E-state index contributed by atoms with van der Waals surface area (Å²) < 4.78 is 40.6. The minimum atomic E-state index is -2.95. The first-order valence-electron chi connectivity index (χ1n) is 7.27. The van der Waals surface area contributed by atoms with Gasteiger partial charge in [0.25, 0.3) is 12.3 Å². The summed E-state index contributed by atoms with van der Waals surface area (Å²) in [6.07, 6.45) is 1.70. The molecule has 3 rings (SSSR count). The third kappa shape index (κ3) is 3.20. The zero-order chi connectivity index (χ0) is 16.4. The molecule has 0 saturated carbocycles. The predicted octanol–water partition coefficient (Wildman–Crippen LogP) is 2.83. The Morgan fingerprint density at radius 2 is 2.17 bits per heavy atom. The quantitative estimate of drug-likeness (QED) is 0.872. The molecule has 23 heavy (non-hydrogen) atoms. The van der Waals surface area contributed by atoms with Crippen LogP contribution < -0.4 is 0 Å². The first-order valence-corrected chi connectivity index (χ1v) is 7.27. The molecule has 2 heterocycles. The SMILES string of the molecule is O=C(c1ccc(F)c(C(F)F)c1)N1CCCC(n2cncn2)C1. The Labute approximate surface area is 130 Å². The third-order valence-corrected chi connectivity index (χ3v) is 3.97. The number of carbonyl (C=O) groups is 1. The van der Waals surface area contributed by atoms with Gasteiger partial charge < -0.3 is 4.90 Å². The van der Waals surface area contributed by atoms with Crippen molar-refractivity contribution >= 4 is 5.91 Å². The maximum Gasteiger partial charge on any atom is 0.266 e. The Balaban J connectivity index is 1.78. The normalized spacial score (nSPS) is 18.4. The zero-order valence-electron chi connectivity index (χ0n) is 12.2. The van der Waals surface area contributed by atoms with E-state index < -0.39 is 17.8 Å². The van der Waals surface area contributed by atoms with E-state index in [1.54, 1.807) is 15.9 Å². The number of hydrogen-bond donors (Lipinski definition) is 0. The Hall–Kier alpha value is -2.38. The van der Waals surface area contributed by atoms with Crippen LogP contribution in [0.4, 0.5) is 13.2 Å². The van der Waals surface area contributed by atoms with E-state index in [-0.39, 0.29) is 17.5 Å². The van der Waals surface area contributed by atoms with Crippen LogP contribution in [0.25, 0.3) is 0 Å². The number of alkyl halides is 2. The molecule has 1 unspecified atom stereocenters. The lowest BCUT2D eigenvalue weighted by Gasteiger charge is -2.32. The summed E-state index contributed by atoms with van der Waals surface area (Å²) >= 11 is 0. The number of hydrogen-bond acceptors (Lipinski definition) is 3. The van der Waals surface area contributed by atoms with Gasteiger partial charge in [-0.2, -0.15) is 5.10 Å². The van der Waals surface area contributed by atoms with Gasteiger partial charge >= 0.3 is 0 Å². The Kier molecular flexibility index (Phi) is 4.31. The maximum absolute atomic E-state index is 13.4. The smallest absolute Gasteiger partial charge is 0.266 e. The van der Waals surface area contributed by atoms with Gasteiger partial charge in [0.1, 0.15) is 18.5 Å². The fourth-order valence-corrected chi connectivity index (χ4v) is 2.79. The summed E-state index contributed by atoms with van der Waals surface area (Å²) in [4.78, 5) is 18.0. The van der Waals surface area contributed by atoms with Gasteiger partial charge in [-0.25, -0.2) is 22.8 Å². The van der Waals surface area contributed by atoms with E-state index in [0.29, 0.717) is 13.1 Å². The van der Waals surface area contributed by atoms with E-state index in [2.05, 4.69) is 10.1 Å². The standard InChI is InChI=1S/C15H15F3N4O/c16-13-4-3-10(6-12(13)14(17)18)15(23)21-5-1-2-11(7-21)22-9-19-8-20-22/h3-4,6,8-9,11,14H,1-2,5,7H2. The van der Waals surface area contributed by atoms with Crippen LogP contribution in [-0.4, -0.2) is 38.7 Å². The number of likely N-dealkylation sites (tertiary alicyclic amines) is 1. The highest BCUT2D eigenvalue weighted by atomic mass is 19.3. The molecular formula is C15H15F3N4O. The Bertz CT molecular complexity index is 690. The lowest BCUT2D eigenvalue weighted by Crippen LogP contribution is -2.40. The van der Waals surface area contributed by atoms with Crippen molar-refractivity contribution in [1.29, 1.82) is 0 Å². The highest BCUT2D eigenvalue weighted by molar-refractivity contribution is 5.94. The van der Waals surface area contributed by atoms with Crippen LogP contribution in [0.15, 0.2) is 30.9 Å². The molecule has 1 amide bonds. The van der Waals surface area contributed by atoms with Gasteiger partial charge in [0.2, 0.25) is 0 Å². The second-order valence-corrected chi connectivity index (χ2v) is 5.46. The number of aromatic nitrogens is 3. The molecule has 122 valence electrons. The Morgan fingerprint density at radius 3 is 2.87 bits per heavy atom. The molecule has 0 spiro atoms. The topological polar surface area (TPSA) is 51.0 Å². The molecule has 1 aromatic carbocycles. The van der Waals surface area contributed by atoms with Crippen molar-refractivity contribution < 1.29 is 18.0 Å². The summed E-state index contributed by atoms with van der Waals surface area (Å²) in [5.74, 6) is -1.38. The largest absolute Gasteiger partial charge is 0.337 e. The van der Waals surface area contributed by atoms with Gasteiger partial charge in [-0.1, -0.05) is 0 Å². The molecule has 1 aromatic heterocycles. The molecule has 1 saturated heterocycles. The molecule has 1 aliphatic rings. The summed E-state index contributed by atoms with van der Waals surface area (Å²) in [5, 5.41) is 4.07. The number of amides is 1. The predicted molar refractivity (Wildman–Crippen MR) is 75.6 cm³/mol.